The third-order valence-corrected chi connectivity index (χ3v) is 18.4. The van der Waals surface area contributed by atoms with Crippen LogP contribution in [0.3, 0.4) is 0 Å². The van der Waals surface area contributed by atoms with Crippen molar-refractivity contribution in [1.82, 2.24) is 0 Å². The number of hydrogen-bond donors (Lipinski definition) is 0. The van der Waals surface area contributed by atoms with Crippen LogP contribution in [0.15, 0.2) is 29.4 Å². The summed E-state index contributed by atoms with van der Waals surface area (Å²) in [5.74, 6) is 5.98. The zero-order chi connectivity index (χ0) is 30.4. The van der Waals surface area contributed by atoms with Crippen molar-refractivity contribution in [1.29, 1.82) is 0 Å². The maximum absolute atomic E-state index is 12.4. The molecule has 230 valence electrons. The molecular formula is C46H34O2. The molecular weight excluding hydrogens is 585 g/mol. The molecule has 2 nitrogen and oxygen atoms in total. The van der Waals surface area contributed by atoms with Gasteiger partial charge in [0.05, 0.1) is 7.11 Å². The van der Waals surface area contributed by atoms with Crippen LogP contribution in [-0.2, 0) is 14.9 Å². The first-order chi connectivity index (χ1) is 23.5. The van der Waals surface area contributed by atoms with Crippen molar-refractivity contribution in [3.63, 3.8) is 0 Å². The number of ether oxygens (including phenoxy) is 1. The van der Waals surface area contributed by atoms with E-state index in [4.69, 9.17) is 4.74 Å². The van der Waals surface area contributed by atoms with Crippen molar-refractivity contribution in [3.8, 4) is 0 Å². The highest BCUT2D eigenvalue weighted by molar-refractivity contribution is 6.37. The van der Waals surface area contributed by atoms with Gasteiger partial charge in [0, 0.05) is 29.6 Å². The molecule has 11 unspecified atom stereocenters. The van der Waals surface area contributed by atoms with Crippen molar-refractivity contribution in [3.05, 3.63) is 79.1 Å². The number of methoxy groups -OCH3 is 1. The first-order valence-corrected chi connectivity index (χ1v) is 19.5. The number of carbonyl (C=O) groups excluding carboxylic acids is 1. The Hall–Kier alpha value is -3.65. The third-order valence-electron chi connectivity index (χ3n) is 18.4. The number of allylic oxidation sites excluding steroid dienone is 8. The van der Waals surface area contributed by atoms with Gasteiger partial charge in [-0.2, -0.15) is 0 Å². The van der Waals surface area contributed by atoms with E-state index in [1.807, 2.05) is 44.5 Å². The van der Waals surface area contributed by atoms with Crippen molar-refractivity contribution < 1.29 is 9.53 Å². The van der Waals surface area contributed by atoms with Crippen LogP contribution in [0.5, 0.6) is 0 Å². The number of hydrogen-bond acceptors (Lipinski definition) is 2. The lowest BCUT2D eigenvalue weighted by atomic mass is 9.63. The summed E-state index contributed by atoms with van der Waals surface area (Å²) in [6.07, 6.45) is 17.9. The van der Waals surface area contributed by atoms with E-state index in [0.29, 0.717) is 53.8 Å². The highest BCUT2D eigenvalue weighted by Gasteiger charge is 2.79. The van der Waals surface area contributed by atoms with Crippen LogP contribution in [0.4, 0.5) is 0 Å². The van der Waals surface area contributed by atoms with Crippen LogP contribution in [0, 0.1) is 35.0 Å². The minimum atomic E-state index is -0.0388. The second-order valence-electron chi connectivity index (χ2n) is 19.2. The Morgan fingerprint density at radius 2 is 1.65 bits per heavy atom. The average Bonchev–Trinajstić information content (AvgIpc) is 3.79. The van der Waals surface area contributed by atoms with Gasteiger partial charge in [0.2, 0.25) is 0 Å². The summed E-state index contributed by atoms with van der Waals surface area (Å²) >= 11 is 0. The maximum atomic E-state index is 12.4. The third kappa shape index (κ3) is 1.68. The largest absolute Gasteiger partial charge is 0.469 e. The van der Waals surface area contributed by atoms with E-state index in [0.717, 1.165) is 18.8 Å². The zero-order valence-corrected chi connectivity index (χ0v) is 27.4. The van der Waals surface area contributed by atoms with Crippen LogP contribution >= 0.6 is 0 Å². The Bertz CT molecular complexity index is 2810. The van der Waals surface area contributed by atoms with Gasteiger partial charge in [-0.1, -0.05) is 30.7 Å². The molecule has 0 N–H and O–H groups in total. The van der Waals surface area contributed by atoms with Gasteiger partial charge in [-0.05, 0) is 196 Å². The molecule has 3 fully saturated rings. The van der Waals surface area contributed by atoms with E-state index in [2.05, 4.69) is 25.2 Å². The molecule has 3 saturated carbocycles. The smallest absolute Gasteiger partial charge is 0.305 e. The summed E-state index contributed by atoms with van der Waals surface area (Å²) in [5, 5.41) is 12.4. The fourth-order valence-electron chi connectivity index (χ4n) is 17.9. The fraction of sp³-hybridized carbons (Fsp3) is 0.457. The number of rotatable bonds is 4. The van der Waals surface area contributed by atoms with E-state index in [1.54, 1.807) is 78.1 Å². The lowest BCUT2D eigenvalue weighted by Crippen LogP contribution is -2.33. The van der Waals surface area contributed by atoms with E-state index in [9.17, 15) is 4.79 Å². The van der Waals surface area contributed by atoms with Crippen molar-refractivity contribution in [2.24, 2.45) is 35.0 Å². The second-order valence-corrected chi connectivity index (χ2v) is 19.2. The Morgan fingerprint density at radius 1 is 0.792 bits per heavy atom. The van der Waals surface area contributed by atoms with E-state index in [-0.39, 0.29) is 16.8 Å². The molecule has 1 spiro atoms. The summed E-state index contributed by atoms with van der Waals surface area (Å²) in [4.78, 5) is 12.4. The molecule has 2 heteroatoms. The van der Waals surface area contributed by atoms with Gasteiger partial charge in [0.15, 0.2) is 0 Å². The molecule has 4 aromatic carbocycles. The minimum Gasteiger partial charge on any atom is -0.469 e. The normalized spacial score (nSPS) is 43.3. The Labute approximate surface area is 278 Å². The molecule has 0 radical (unpaired) electrons. The van der Waals surface area contributed by atoms with Crippen molar-refractivity contribution >= 4 is 60.6 Å². The highest BCUT2D eigenvalue weighted by atomic mass is 16.5. The molecule has 13 aliphatic rings. The van der Waals surface area contributed by atoms with E-state index >= 15 is 0 Å². The lowest BCUT2D eigenvalue weighted by Gasteiger charge is -2.40. The van der Waals surface area contributed by atoms with Gasteiger partial charge in [0.25, 0.3) is 0 Å². The molecule has 4 aromatic rings. The Kier molecular flexibility index (Phi) is 2.88. The minimum absolute atomic E-state index is 0.0388. The predicted molar refractivity (Wildman–Crippen MR) is 187 cm³/mol. The van der Waals surface area contributed by atoms with E-state index in [1.165, 1.54) is 32.1 Å². The topological polar surface area (TPSA) is 26.3 Å². The number of benzene rings is 2. The molecule has 13 aliphatic carbocycles. The molecule has 0 saturated heterocycles. The van der Waals surface area contributed by atoms with Crippen molar-refractivity contribution in [2.75, 3.05) is 7.11 Å². The SMILES string of the molecule is COC(=O)CCCC1(C)C2C3CC4CC5=CC6CC7=CC8CC9CC%10=CC21c1c2c%11c%12c(c5c5c%12c%12c%13c(c9c%10c1c%13%11)C8C%12=C7C56)C4C=23. The van der Waals surface area contributed by atoms with Crippen LogP contribution in [0.2, 0.25) is 0 Å². The molecule has 0 aliphatic heterocycles. The predicted octanol–water partition coefficient (Wildman–Crippen LogP) is 9.03. The summed E-state index contributed by atoms with van der Waals surface area (Å²) < 4.78 is 5.16. The van der Waals surface area contributed by atoms with Crippen LogP contribution < -0.4 is 5.22 Å². The highest BCUT2D eigenvalue weighted by Crippen LogP contribution is 2.85. The maximum Gasteiger partial charge on any atom is 0.305 e. The van der Waals surface area contributed by atoms with Gasteiger partial charge in [0.1, 0.15) is 0 Å². The van der Waals surface area contributed by atoms with Crippen molar-refractivity contribution in [2.45, 2.75) is 87.4 Å². The van der Waals surface area contributed by atoms with Crippen LogP contribution in [-0.4, -0.2) is 13.1 Å². The molecule has 17 rings (SSSR count). The van der Waals surface area contributed by atoms with Gasteiger partial charge >= 0.3 is 5.97 Å². The first-order valence-electron chi connectivity index (χ1n) is 19.5. The zero-order valence-electron chi connectivity index (χ0n) is 27.4. The van der Waals surface area contributed by atoms with Gasteiger partial charge in [-0.15, -0.1) is 0 Å². The Morgan fingerprint density at radius 3 is 2.56 bits per heavy atom. The standard InChI is InChI=1S/C46H34O2/c1-45(5-3-4-22(47)48-2)44-21-12-19-10-17-8-15-6-14-7-16-9-18-11-20-13-46(44,45)43-41-29(20)25(18)33-27(16)31-23(14)24(15)32-28(17)34-26(19)30(21)42(43)40-38(34)36(32)35(31)37(33)39(40)41/h7-8,13,15-16,18-19,21,24,26-27,44H,3-6,9-12H2,1-2H3. The quantitative estimate of drug-likeness (QED) is 0.213. The molecule has 48 heavy (non-hydrogen) atoms. The monoisotopic (exact) mass is 618 g/mol. The second kappa shape index (κ2) is 6.05. The van der Waals surface area contributed by atoms with Gasteiger partial charge in [-0.25, -0.2) is 0 Å². The summed E-state index contributed by atoms with van der Waals surface area (Å²) in [6.45, 7) is 2.68. The number of fused-ring (bicyclic) bond motifs is 1. The molecule has 11 atom stereocenters. The Balaban J connectivity index is 1.14. The number of esters is 1. The molecule has 0 bridgehead atoms. The summed E-state index contributed by atoms with van der Waals surface area (Å²) in [5.41, 5.74) is 25.6. The van der Waals surface area contributed by atoms with Gasteiger partial charge in [-0.3, -0.25) is 4.79 Å². The average molecular weight is 619 g/mol. The summed E-state index contributed by atoms with van der Waals surface area (Å²) in [6, 6.07) is 0. The number of carbonyl (C=O) groups is 1. The van der Waals surface area contributed by atoms with Crippen LogP contribution in [0.1, 0.15) is 126 Å². The summed E-state index contributed by atoms with van der Waals surface area (Å²) in [7, 11) is 1.56. The molecule has 0 heterocycles. The van der Waals surface area contributed by atoms with Crippen LogP contribution in [0.25, 0.3) is 54.6 Å². The molecule has 0 amide bonds. The molecule has 0 aromatic heterocycles. The van der Waals surface area contributed by atoms with Gasteiger partial charge < -0.3 is 4.74 Å². The first kappa shape index (κ1) is 22.9. The van der Waals surface area contributed by atoms with E-state index < -0.39 is 0 Å². The fourth-order valence-corrected chi connectivity index (χ4v) is 17.9. The lowest BCUT2D eigenvalue weighted by molar-refractivity contribution is -0.140.